The summed E-state index contributed by atoms with van der Waals surface area (Å²) >= 11 is 0. The Balaban J connectivity index is 0.00000156. The van der Waals surface area contributed by atoms with E-state index in [0.29, 0.717) is 12.4 Å². The Labute approximate surface area is 141 Å². The SMILES string of the molecule is Cl.O=C1CCCN1c1ccnc(N2CCc3ccccc3C2)n1. The first-order valence-electron chi connectivity index (χ1n) is 7.76. The van der Waals surface area contributed by atoms with Crippen LogP contribution in [0.4, 0.5) is 11.8 Å². The van der Waals surface area contributed by atoms with Crippen molar-refractivity contribution in [1.29, 1.82) is 0 Å². The molecule has 2 aromatic rings. The van der Waals surface area contributed by atoms with Gasteiger partial charge in [-0.1, -0.05) is 24.3 Å². The summed E-state index contributed by atoms with van der Waals surface area (Å²) in [5.74, 6) is 1.60. The fourth-order valence-electron chi connectivity index (χ4n) is 3.20. The molecule has 0 N–H and O–H groups in total. The third-order valence-corrected chi connectivity index (χ3v) is 4.39. The Kier molecular flexibility index (Phi) is 4.48. The van der Waals surface area contributed by atoms with Gasteiger partial charge in [-0.3, -0.25) is 9.69 Å². The van der Waals surface area contributed by atoms with E-state index in [-0.39, 0.29) is 18.3 Å². The van der Waals surface area contributed by atoms with Gasteiger partial charge in [-0.2, -0.15) is 4.98 Å². The van der Waals surface area contributed by atoms with Crippen molar-refractivity contribution in [2.24, 2.45) is 0 Å². The van der Waals surface area contributed by atoms with Crippen LogP contribution >= 0.6 is 12.4 Å². The number of fused-ring (bicyclic) bond motifs is 1. The monoisotopic (exact) mass is 330 g/mol. The fourth-order valence-corrected chi connectivity index (χ4v) is 3.20. The molecule has 0 aliphatic carbocycles. The van der Waals surface area contributed by atoms with Gasteiger partial charge in [-0.05, 0) is 30.0 Å². The molecule has 0 saturated carbocycles. The molecule has 3 heterocycles. The van der Waals surface area contributed by atoms with Gasteiger partial charge in [-0.25, -0.2) is 4.98 Å². The summed E-state index contributed by atoms with van der Waals surface area (Å²) in [7, 11) is 0. The van der Waals surface area contributed by atoms with Crippen molar-refractivity contribution in [3.8, 4) is 0 Å². The Morgan fingerprint density at radius 3 is 2.61 bits per heavy atom. The Hall–Kier alpha value is -2.14. The standard InChI is InChI=1S/C17H18N4O.ClH/c22-16-6-3-10-21(16)15-7-9-18-17(19-15)20-11-8-13-4-1-2-5-14(13)12-20;/h1-2,4-5,7,9H,3,6,8,10-12H2;1H. The molecule has 2 aliphatic heterocycles. The maximum Gasteiger partial charge on any atom is 0.228 e. The molecule has 1 saturated heterocycles. The topological polar surface area (TPSA) is 49.3 Å². The van der Waals surface area contributed by atoms with Gasteiger partial charge < -0.3 is 4.90 Å². The number of carbonyl (C=O) groups is 1. The third-order valence-electron chi connectivity index (χ3n) is 4.39. The summed E-state index contributed by atoms with van der Waals surface area (Å²) in [6.45, 7) is 2.50. The van der Waals surface area contributed by atoms with Gasteiger partial charge in [0.2, 0.25) is 11.9 Å². The number of rotatable bonds is 2. The van der Waals surface area contributed by atoms with E-state index in [1.165, 1.54) is 11.1 Å². The van der Waals surface area contributed by atoms with Crippen molar-refractivity contribution >= 4 is 30.1 Å². The molecular weight excluding hydrogens is 312 g/mol. The van der Waals surface area contributed by atoms with Crippen LogP contribution in [0.5, 0.6) is 0 Å². The highest BCUT2D eigenvalue weighted by molar-refractivity contribution is 5.94. The van der Waals surface area contributed by atoms with Crippen LogP contribution in [0.15, 0.2) is 36.5 Å². The predicted molar refractivity (Wildman–Crippen MR) is 92.1 cm³/mol. The number of carbonyl (C=O) groups excluding carboxylic acids is 1. The van der Waals surface area contributed by atoms with E-state index in [9.17, 15) is 4.79 Å². The second-order valence-corrected chi connectivity index (χ2v) is 5.80. The first-order chi connectivity index (χ1) is 10.8. The van der Waals surface area contributed by atoms with Crippen LogP contribution in [0.25, 0.3) is 0 Å². The molecule has 23 heavy (non-hydrogen) atoms. The Morgan fingerprint density at radius 2 is 1.83 bits per heavy atom. The molecule has 1 aromatic heterocycles. The quantitative estimate of drug-likeness (QED) is 0.849. The number of nitrogens with zero attached hydrogens (tertiary/aromatic N) is 4. The molecular formula is C17H19ClN4O. The van der Waals surface area contributed by atoms with E-state index in [1.807, 2.05) is 6.07 Å². The summed E-state index contributed by atoms with van der Waals surface area (Å²) in [6, 6.07) is 10.3. The molecule has 6 heteroatoms. The number of hydrogen-bond donors (Lipinski definition) is 0. The van der Waals surface area contributed by atoms with Gasteiger partial charge in [0.05, 0.1) is 0 Å². The minimum Gasteiger partial charge on any atom is -0.336 e. The molecule has 1 fully saturated rings. The van der Waals surface area contributed by atoms with E-state index in [0.717, 1.165) is 38.3 Å². The molecule has 1 amide bonds. The zero-order valence-electron chi connectivity index (χ0n) is 12.8. The molecule has 0 spiro atoms. The molecule has 0 radical (unpaired) electrons. The predicted octanol–water partition coefficient (Wildman–Crippen LogP) is 2.59. The van der Waals surface area contributed by atoms with Crippen LogP contribution in [0, 0.1) is 0 Å². The van der Waals surface area contributed by atoms with Gasteiger partial charge in [0.25, 0.3) is 0 Å². The molecule has 0 atom stereocenters. The molecule has 0 unspecified atom stereocenters. The van der Waals surface area contributed by atoms with E-state index < -0.39 is 0 Å². The van der Waals surface area contributed by atoms with E-state index in [2.05, 4.69) is 39.1 Å². The number of benzene rings is 1. The van der Waals surface area contributed by atoms with Crippen LogP contribution in [-0.2, 0) is 17.8 Å². The minimum absolute atomic E-state index is 0. The van der Waals surface area contributed by atoms with Crippen LogP contribution in [-0.4, -0.2) is 29.0 Å². The van der Waals surface area contributed by atoms with E-state index >= 15 is 0 Å². The lowest BCUT2D eigenvalue weighted by molar-refractivity contribution is -0.117. The van der Waals surface area contributed by atoms with Gasteiger partial charge >= 0.3 is 0 Å². The van der Waals surface area contributed by atoms with Crippen molar-refractivity contribution < 1.29 is 4.79 Å². The lowest BCUT2D eigenvalue weighted by Crippen LogP contribution is -2.32. The first kappa shape index (κ1) is 15.7. The van der Waals surface area contributed by atoms with E-state index in [1.54, 1.807) is 11.1 Å². The maximum absolute atomic E-state index is 11.9. The summed E-state index contributed by atoms with van der Waals surface area (Å²) < 4.78 is 0. The van der Waals surface area contributed by atoms with Gasteiger partial charge in [0, 0.05) is 32.3 Å². The van der Waals surface area contributed by atoms with Crippen molar-refractivity contribution in [3.05, 3.63) is 47.7 Å². The average Bonchev–Trinajstić information content (AvgIpc) is 3.00. The van der Waals surface area contributed by atoms with Crippen molar-refractivity contribution in [2.45, 2.75) is 25.8 Å². The molecule has 2 aliphatic rings. The molecule has 4 rings (SSSR count). The van der Waals surface area contributed by atoms with Crippen LogP contribution < -0.4 is 9.80 Å². The number of anilines is 2. The molecule has 0 bridgehead atoms. The van der Waals surface area contributed by atoms with Crippen molar-refractivity contribution in [1.82, 2.24) is 9.97 Å². The maximum atomic E-state index is 11.9. The lowest BCUT2D eigenvalue weighted by atomic mass is 10.0. The Bertz CT molecular complexity index is 721. The average molecular weight is 331 g/mol. The Morgan fingerprint density at radius 1 is 1.00 bits per heavy atom. The number of halogens is 1. The fraction of sp³-hybridized carbons (Fsp3) is 0.353. The third kappa shape index (κ3) is 3.01. The highest BCUT2D eigenvalue weighted by Gasteiger charge is 2.24. The van der Waals surface area contributed by atoms with Gasteiger partial charge in [0.1, 0.15) is 5.82 Å². The summed E-state index contributed by atoms with van der Waals surface area (Å²) in [5.41, 5.74) is 2.74. The first-order valence-corrected chi connectivity index (χ1v) is 7.76. The highest BCUT2D eigenvalue weighted by Crippen LogP contribution is 2.24. The largest absolute Gasteiger partial charge is 0.336 e. The van der Waals surface area contributed by atoms with Crippen molar-refractivity contribution in [3.63, 3.8) is 0 Å². The summed E-state index contributed by atoms with van der Waals surface area (Å²) in [4.78, 5) is 24.9. The minimum atomic E-state index is 0. The van der Waals surface area contributed by atoms with Crippen molar-refractivity contribution in [2.75, 3.05) is 22.9 Å². The smallest absolute Gasteiger partial charge is 0.228 e. The number of hydrogen-bond acceptors (Lipinski definition) is 4. The van der Waals surface area contributed by atoms with Gasteiger partial charge in [-0.15, -0.1) is 12.4 Å². The summed E-state index contributed by atoms with van der Waals surface area (Å²) in [5, 5.41) is 0. The molecule has 120 valence electrons. The van der Waals surface area contributed by atoms with Crippen LogP contribution in [0.2, 0.25) is 0 Å². The molecule has 5 nitrogen and oxygen atoms in total. The zero-order valence-corrected chi connectivity index (χ0v) is 13.6. The van der Waals surface area contributed by atoms with Gasteiger partial charge in [0.15, 0.2) is 0 Å². The second kappa shape index (κ2) is 6.54. The number of amides is 1. The second-order valence-electron chi connectivity index (χ2n) is 5.80. The van der Waals surface area contributed by atoms with E-state index in [4.69, 9.17) is 0 Å². The highest BCUT2D eigenvalue weighted by atomic mass is 35.5. The summed E-state index contributed by atoms with van der Waals surface area (Å²) in [6.07, 6.45) is 4.29. The zero-order chi connectivity index (χ0) is 14.9. The van der Waals surface area contributed by atoms with Crippen LogP contribution in [0.3, 0.4) is 0 Å². The van der Waals surface area contributed by atoms with Crippen LogP contribution in [0.1, 0.15) is 24.0 Å². The molecule has 1 aromatic carbocycles. The normalized spacial score (nSPS) is 17.0. The number of aromatic nitrogens is 2. The lowest BCUT2D eigenvalue weighted by Gasteiger charge is -2.29.